The first-order valence-corrected chi connectivity index (χ1v) is 6.52. The minimum absolute atomic E-state index is 0.0309. The summed E-state index contributed by atoms with van der Waals surface area (Å²) >= 11 is 1.45. The van der Waals surface area contributed by atoms with E-state index in [0.29, 0.717) is 6.54 Å². The SMILES string of the molecule is COc1cc(N(C)Cc2nccs2)c([N+](=O)[O-])cc1F. The van der Waals surface area contributed by atoms with Crippen LogP contribution < -0.4 is 9.64 Å². The molecule has 1 aromatic carbocycles. The Morgan fingerprint density at radius 3 is 2.85 bits per heavy atom. The van der Waals surface area contributed by atoms with Crippen molar-refractivity contribution in [3.8, 4) is 5.75 Å². The fourth-order valence-corrected chi connectivity index (χ4v) is 2.43. The largest absolute Gasteiger partial charge is 0.494 e. The molecule has 0 atom stereocenters. The molecule has 0 saturated heterocycles. The standard InChI is InChI=1S/C12H12FN3O3S/c1-15(7-12-14-3-4-20-12)9-6-11(19-2)8(13)5-10(9)16(17)18/h3-6H,7H2,1-2H3. The lowest BCUT2D eigenvalue weighted by Crippen LogP contribution is -2.18. The van der Waals surface area contributed by atoms with Gasteiger partial charge >= 0.3 is 0 Å². The van der Waals surface area contributed by atoms with Crippen LogP contribution in [0.15, 0.2) is 23.7 Å². The second kappa shape index (κ2) is 5.83. The van der Waals surface area contributed by atoms with Crippen LogP contribution in [0.3, 0.4) is 0 Å². The number of anilines is 1. The summed E-state index contributed by atoms with van der Waals surface area (Å²) in [6.45, 7) is 0.396. The van der Waals surface area contributed by atoms with Crippen LogP contribution in [0.25, 0.3) is 0 Å². The Bertz CT molecular complexity index is 619. The van der Waals surface area contributed by atoms with Gasteiger partial charge in [0.15, 0.2) is 11.6 Å². The highest BCUT2D eigenvalue weighted by Gasteiger charge is 2.22. The van der Waals surface area contributed by atoms with Gasteiger partial charge in [-0.2, -0.15) is 0 Å². The predicted molar refractivity (Wildman–Crippen MR) is 73.8 cm³/mol. The zero-order valence-electron chi connectivity index (χ0n) is 10.9. The van der Waals surface area contributed by atoms with E-state index in [9.17, 15) is 14.5 Å². The van der Waals surface area contributed by atoms with Gasteiger partial charge < -0.3 is 9.64 Å². The maximum absolute atomic E-state index is 13.6. The number of hydrogen-bond donors (Lipinski definition) is 0. The number of methoxy groups -OCH3 is 1. The Labute approximate surface area is 118 Å². The molecule has 8 heteroatoms. The fourth-order valence-electron chi connectivity index (χ4n) is 1.76. The second-order valence-corrected chi connectivity index (χ2v) is 4.99. The number of nitro groups is 1. The topological polar surface area (TPSA) is 68.5 Å². The van der Waals surface area contributed by atoms with Gasteiger partial charge in [0.1, 0.15) is 10.7 Å². The number of benzene rings is 1. The monoisotopic (exact) mass is 297 g/mol. The number of ether oxygens (including phenoxy) is 1. The molecule has 0 spiro atoms. The molecule has 6 nitrogen and oxygen atoms in total. The van der Waals surface area contributed by atoms with Crippen LogP contribution >= 0.6 is 11.3 Å². The van der Waals surface area contributed by atoms with Gasteiger partial charge in [-0.15, -0.1) is 11.3 Å². The molecule has 2 aromatic rings. The molecule has 0 aliphatic rings. The molecule has 0 aliphatic heterocycles. The molecule has 2 rings (SSSR count). The Kier molecular flexibility index (Phi) is 4.14. The van der Waals surface area contributed by atoms with Gasteiger partial charge in [-0.25, -0.2) is 9.37 Å². The second-order valence-electron chi connectivity index (χ2n) is 4.01. The normalized spacial score (nSPS) is 10.3. The van der Waals surface area contributed by atoms with E-state index >= 15 is 0 Å². The first-order valence-electron chi connectivity index (χ1n) is 5.64. The molecule has 1 aromatic heterocycles. The number of nitrogens with zero attached hydrogens (tertiary/aromatic N) is 3. The zero-order valence-corrected chi connectivity index (χ0v) is 11.7. The lowest BCUT2D eigenvalue weighted by atomic mass is 10.2. The Balaban J connectivity index is 2.39. The third-order valence-corrected chi connectivity index (χ3v) is 3.48. The molecule has 0 aliphatic carbocycles. The van der Waals surface area contributed by atoms with Crippen LogP contribution in [-0.2, 0) is 6.54 Å². The van der Waals surface area contributed by atoms with E-state index in [0.717, 1.165) is 11.1 Å². The van der Waals surface area contributed by atoms with Crippen molar-refractivity contribution in [1.82, 2.24) is 4.98 Å². The van der Waals surface area contributed by atoms with Crippen LogP contribution in [0.2, 0.25) is 0 Å². The predicted octanol–water partition coefficient (Wildman–Crippen LogP) is 2.84. The van der Waals surface area contributed by atoms with E-state index in [-0.39, 0.29) is 17.1 Å². The lowest BCUT2D eigenvalue weighted by molar-refractivity contribution is -0.384. The summed E-state index contributed by atoms with van der Waals surface area (Å²) in [4.78, 5) is 16.2. The van der Waals surface area contributed by atoms with Crippen LogP contribution in [0.5, 0.6) is 5.75 Å². The minimum Gasteiger partial charge on any atom is -0.494 e. The van der Waals surface area contributed by atoms with Crippen molar-refractivity contribution in [1.29, 1.82) is 0 Å². The summed E-state index contributed by atoms with van der Waals surface area (Å²) in [5, 5.41) is 13.7. The quantitative estimate of drug-likeness (QED) is 0.627. The Hall–Kier alpha value is -2.22. The Morgan fingerprint density at radius 2 is 2.30 bits per heavy atom. The summed E-state index contributed by atoms with van der Waals surface area (Å²) in [5.41, 5.74) is -0.0224. The summed E-state index contributed by atoms with van der Waals surface area (Å²) in [6, 6.07) is 2.19. The van der Waals surface area contributed by atoms with Gasteiger partial charge in [-0.05, 0) is 0 Å². The number of thiazole rings is 1. The molecular weight excluding hydrogens is 285 g/mol. The highest BCUT2D eigenvalue weighted by molar-refractivity contribution is 7.09. The zero-order chi connectivity index (χ0) is 14.7. The first-order chi connectivity index (χ1) is 9.52. The summed E-state index contributed by atoms with van der Waals surface area (Å²) in [6.07, 6.45) is 1.66. The molecule has 0 unspecified atom stereocenters. The molecular formula is C12H12FN3O3S. The minimum atomic E-state index is -0.759. The molecule has 106 valence electrons. The van der Waals surface area contributed by atoms with E-state index < -0.39 is 10.7 Å². The molecule has 1 heterocycles. The Morgan fingerprint density at radius 1 is 1.55 bits per heavy atom. The summed E-state index contributed by atoms with van der Waals surface area (Å²) in [5.74, 6) is -0.790. The van der Waals surface area contributed by atoms with Gasteiger partial charge in [0.05, 0.1) is 24.6 Å². The molecule has 0 saturated carbocycles. The van der Waals surface area contributed by atoms with Crippen molar-refractivity contribution in [3.63, 3.8) is 0 Å². The number of hydrogen-bond acceptors (Lipinski definition) is 6. The van der Waals surface area contributed by atoms with E-state index in [1.165, 1.54) is 24.5 Å². The van der Waals surface area contributed by atoms with Crippen molar-refractivity contribution in [2.75, 3.05) is 19.1 Å². The highest BCUT2D eigenvalue weighted by atomic mass is 32.1. The van der Waals surface area contributed by atoms with E-state index in [2.05, 4.69) is 4.98 Å². The average molecular weight is 297 g/mol. The van der Waals surface area contributed by atoms with Crippen molar-refractivity contribution in [3.05, 3.63) is 44.6 Å². The van der Waals surface area contributed by atoms with Gasteiger partial charge in [0, 0.05) is 24.7 Å². The van der Waals surface area contributed by atoms with Crippen LogP contribution in [0.1, 0.15) is 5.01 Å². The van der Waals surface area contributed by atoms with Gasteiger partial charge in [-0.1, -0.05) is 0 Å². The highest BCUT2D eigenvalue weighted by Crippen LogP contribution is 2.34. The van der Waals surface area contributed by atoms with Gasteiger partial charge in [-0.3, -0.25) is 10.1 Å². The summed E-state index contributed by atoms with van der Waals surface area (Å²) < 4.78 is 18.4. The number of rotatable bonds is 5. The summed E-state index contributed by atoms with van der Waals surface area (Å²) in [7, 11) is 3.00. The third-order valence-electron chi connectivity index (χ3n) is 2.71. The van der Waals surface area contributed by atoms with E-state index in [4.69, 9.17) is 4.74 Å². The van der Waals surface area contributed by atoms with Crippen molar-refractivity contribution >= 4 is 22.7 Å². The van der Waals surface area contributed by atoms with Crippen molar-refractivity contribution in [2.24, 2.45) is 0 Å². The maximum Gasteiger partial charge on any atom is 0.295 e. The molecule has 0 N–H and O–H groups in total. The smallest absolute Gasteiger partial charge is 0.295 e. The van der Waals surface area contributed by atoms with E-state index in [1.54, 1.807) is 18.1 Å². The number of aromatic nitrogens is 1. The maximum atomic E-state index is 13.6. The third kappa shape index (κ3) is 2.85. The van der Waals surface area contributed by atoms with Crippen molar-refractivity contribution < 1.29 is 14.1 Å². The van der Waals surface area contributed by atoms with Crippen LogP contribution in [0, 0.1) is 15.9 Å². The average Bonchev–Trinajstić information content (AvgIpc) is 2.90. The van der Waals surface area contributed by atoms with E-state index in [1.807, 2.05) is 5.38 Å². The van der Waals surface area contributed by atoms with Gasteiger partial charge in [0.25, 0.3) is 5.69 Å². The molecule has 0 fully saturated rings. The first kappa shape index (κ1) is 14.2. The molecule has 0 amide bonds. The number of halogens is 1. The molecule has 20 heavy (non-hydrogen) atoms. The van der Waals surface area contributed by atoms with Crippen molar-refractivity contribution in [2.45, 2.75) is 6.54 Å². The molecule has 0 bridgehead atoms. The number of nitro benzene ring substituents is 1. The van der Waals surface area contributed by atoms with Crippen LogP contribution in [-0.4, -0.2) is 24.1 Å². The fraction of sp³-hybridized carbons (Fsp3) is 0.250. The molecule has 0 radical (unpaired) electrons. The lowest BCUT2D eigenvalue weighted by Gasteiger charge is -2.18. The van der Waals surface area contributed by atoms with Crippen LogP contribution in [0.4, 0.5) is 15.8 Å². The van der Waals surface area contributed by atoms with Gasteiger partial charge in [0.2, 0.25) is 0 Å².